The van der Waals surface area contributed by atoms with Crippen LogP contribution in [-0.2, 0) is 17.9 Å². The highest BCUT2D eigenvalue weighted by molar-refractivity contribution is 5.95. The van der Waals surface area contributed by atoms with Crippen LogP contribution in [0.4, 0.5) is 27.9 Å². The third-order valence-electron chi connectivity index (χ3n) is 8.13. The molecule has 0 spiro atoms. The molecule has 0 aliphatic carbocycles. The zero-order valence-electron chi connectivity index (χ0n) is 23.4. The quantitative estimate of drug-likeness (QED) is 0.447. The van der Waals surface area contributed by atoms with Crippen LogP contribution in [0, 0.1) is 0 Å². The van der Waals surface area contributed by atoms with Gasteiger partial charge in [-0.15, -0.1) is 0 Å². The van der Waals surface area contributed by atoms with Gasteiger partial charge in [0.25, 0.3) is 0 Å². The molecule has 6 rings (SSSR count). The predicted molar refractivity (Wildman–Crippen MR) is 160 cm³/mol. The Hall–Kier alpha value is -4.44. The van der Waals surface area contributed by atoms with Crippen molar-refractivity contribution < 1.29 is 9.59 Å². The largest absolute Gasteiger partial charge is 0.369 e. The van der Waals surface area contributed by atoms with Gasteiger partial charge in [0.2, 0.25) is 11.9 Å². The van der Waals surface area contributed by atoms with Crippen molar-refractivity contribution in [3.05, 3.63) is 84.6 Å². The number of rotatable bonds is 7. The van der Waals surface area contributed by atoms with Crippen LogP contribution in [0.2, 0.25) is 0 Å². The van der Waals surface area contributed by atoms with Crippen molar-refractivity contribution >= 4 is 35.1 Å². The predicted octanol–water partition coefficient (Wildman–Crippen LogP) is 3.70. The Morgan fingerprint density at radius 2 is 1.80 bits per heavy atom. The van der Waals surface area contributed by atoms with Crippen molar-refractivity contribution in [2.75, 3.05) is 61.4 Å². The third kappa shape index (κ3) is 5.74. The monoisotopic (exact) mass is 552 g/mol. The Balaban J connectivity index is 1.24. The molecular weight excluding hydrogens is 516 g/mol. The van der Waals surface area contributed by atoms with Crippen molar-refractivity contribution in [3.63, 3.8) is 0 Å². The van der Waals surface area contributed by atoms with Crippen molar-refractivity contribution in [1.82, 2.24) is 24.7 Å². The fraction of sp³-hybridized carbons (Fsp3) is 0.355. The van der Waals surface area contributed by atoms with Gasteiger partial charge in [0.05, 0.1) is 12.6 Å². The number of nitrogens with one attached hydrogen (secondary N) is 1. The highest BCUT2D eigenvalue weighted by atomic mass is 16.2. The maximum atomic E-state index is 13.9. The lowest BCUT2D eigenvalue weighted by molar-refractivity contribution is -0.125. The van der Waals surface area contributed by atoms with E-state index < -0.39 is 0 Å². The van der Waals surface area contributed by atoms with Gasteiger partial charge in [0.1, 0.15) is 5.82 Å². The fourth-order valence-electron chi connectivity index (χ4n) is 5.78. The van der Waals surface area contributed by atoms with Crippen molar-refractivity contribution in [2.24, 2.45) is 0 Å². The second-order valence-corrected chi connectivity index (χ2v) is 10.9. The molecular formula is C31H36N8O2. The number of fused-ring (bicyclic) bond motifs is 1. The first kappa shape index (κ1) is 26.8. The molecule has 3 amide bonds. The van der Waals surface area contributed by atoms with Crippen LogP contribution in [0.5, 0.6) is 0 Å². The van der Waals surface area contributed by atoms with E-state index in [1.54, 1.807) is 9.80 Å². The van der Waals surface area contributed by atoms with Crippen molar-refractivity contribution in [2.45, 2.75) is 25.6 Å². The molecule has 2 aromatic carbocycles. The number of aromatic nitrogens is 2. The maximum Gasteiger partial charge on any atom is 0.326 e. The number of likely N-dealkylation sites (N-methyl/N-ethyl adjacent to an activating group) is 1. The Bertz CT molecular complexity index is 1410. The second kappa shape index (κ2) is 11.6. The van der Waals surface area contributed by atoms with E-state index in [9.17, 15) is 9.59 Å². The van der Waals surface area contributed by atoms with Crippen LogP contribution in [0.25, 0.3) is 0 Å². The summed E-state index contributed by atoms with van der Waals surface area (Å²) in [4.78, 5) is 45.8. The normalized spacial score (nSPS) is 19.3. The van der Waals surface area contributed by atoms with Gasteiger partial charge in [0, 0.05) is 68.9 Å². The number of benzene rings is 2. The number of likely N-dealkylation sites (tertiary alicyclic amines) is 1. The molecule has 1 N–H and O–H groups in total. The van der Waals surface area contributed by atoms with Crippen LogP contribution in [0.1, 0.15) is 17.5 Å². The minimum Gasteiger partial charge on any atom is -0.369 e. The van der Waals surface area contributed by atoms with Gasteiger partial charge in [-0.3, -0.25) is 9.69 Å². The summed E-state index contributed by atoms with van der Waals surface area (Å²) in [7, 11) is 2.15. The van der Waals surface area contributed by atoms with Gasteiger partial charge >= 0.3 is 6.03 Å². The highest BCUT2D eigenvalue weighted by Crippen LogP contribution is 2.33. The fourth-order valence-corrected chi connectivity index (χ4v) is 5.78. The van der Waals surface area contributed by atoms with E-state index in [1.807, 2.05) is 53.6 Å². The average molecular weight is 553 g/mol. The summed E-state index contributed by atoms with van der Waals surface area (Å²) in [5.74, 6) is 0.912. The first-order chi connectivity index (χ1) is 20.0. The average Bonchev–Trinajstić information content (AvgIpc) is 3.49. The molecule has 2 saturated heterocycles. The first-order valence-electron chi connectivity index (χ1n) is 14.2. The highest BCUT2D eigenvalue weighted by Gasteiger charge is 2.40. The van der Waals surface area contributed by atoms with E-state index in [0.717, 1.165) is 43.0 Å². The molecule has 0 saturated carbocycles. The van der Waals surface area contributed by atoms with E-state index in [-0.39, 0.29) is 18.0 Å². The summed E-state index contributed by atoms with van der Waals surface area (Å²) in [6.45, 7) is 9.68. The maximum absolute atomic E-state index is 13.9. The van der Waals surface area contributed by atoms with Gasteiger partial charge < -0.3 is 24.9 Å². The van der Waals surface area contributed by atoms with E-state index in [2.05, 4.69) is 45.9 Å². The molecule has 3 aromatic rings. The number of nitrogens with zero attached hydrogens (tertiary/aromatic N) is 7. The summed E-state index contributed by atoms with van der Waals surface area (Å²) in [6.07, 6.45) is 3.81. The zero-order valence-corrected chi connectivity index (χ0v) is 23.4. The Kier molecular flexibility index (Phi) is 7.56. The molecule has 212 valence electrons. The molecule has 2 fully saturated rings. The van der Waals surface area contributed by atoms with Crippen molar-refractivity contribution in [3.8, 4) is 0 Å². The summed E-state index contributed by atoms with van der Waals surface area (Å²) in [6, 6.07) is 18.0. The standard InChI is InChI=1S/C31H36N8O2/c1-3-28(40)37-14-13-27(22-37)39-29-24(21-38(31(39)41)20-23-7-5-4-6-8-23)19-32-30(34-29)33-25-9-11-26(12-10-25)36-17-15-35(2)16-18-36/h3-12,19,27H,1,13-18,20-22H2,2H3,(H,32,33,34). The van der Waals surface area contributed by atoms with Crippen LogP contribution in [-0.4, -0.2) is 89.0 Å². The van der Waals surface area contributed by atoms with Gasteiger partial charge in [-0.1, -0.05) is 36.9 Å². The number of hydrogen-bond donors (Lipinski definition) is 1. The lowest BCUT2D eigenvalue weighted by atomic mass is 10.1. The minimum absolute atomic E-state index is 0.111. The number of amides is 3. The van der Waals surface area contributed by atoms with Crippen molar-refractivity contribution in [1.29, 1.82) is 0 Å². The van der Waals surface area contributed by atoms with Crippen LogP contribution < -0.4 is 15.1 Å². The summed E-state index contributed by atoms with van der Waals surface area (Å²) < 4.78 is 0. The molecule has 10 nitrogen and oxygen atoms in total. The molecule has 3 aliphatic rings. The molecule has 1 atom stereocenters. The van der Waals surface area contributed by atoms with E-state index >= 15 is 0 Å². The zero-order chi connectivity index (χ0) is 28.3. The summed E-state index contributed by atoms with van der Waals surface area (Å²) >= 11 is 0. The smallest absolute Gasteiger partial charge is 0.326 e. The second-order valence-electron chi connectivity index (χ2n) is 10.9. The van der Waals surface area contributed by atoms with Gasteiger partial charge in [0.15, 0.2) is 0 Å². The van der Waals surface area contributed by atoms with Gasteiger partial charge in [-0.05, 0) is 49.4 Å². The number of piperazine rings is 1. The number of hydrogen-bond acceptors (Lipinski definition) is 7. The van der Waals surface area contributed by atoms with E-state index in [1.165, 1.54) is 11.8 Å². The molecule has 10 heteroatoms. The molecule has 0 bridgehead atoms. The van der Waals surface area contributed by atoms with E-state index in [4.69, 9.17) is 4.98 Å². The van der Waals surface area contributed by atoms with Crippen LogP contribution in [0.15, 0.2) is 73.4 Å². The summed E-state index contributed by atoms with van der Waals surface area (Å²) in [5, 5.41) is 3.33. The number of urea groups is 1. The third-order valence-corrected chi connectivity index (χ3v) is 8.13. The van der Waals surface area contributed by atoms with Crippen LogP contribution in [0.3, 0.4) is 0 Å². The number of anilines is 4. The van der Waals surface area contributed by atoms with Gasteiger partial charge in [-0.2, -0.15) is 4.98 Å². The molecule has 41 heavy (non-hydrogen) atoms. The molecule has 1 aromatic heterocycles. The topological polar surface area (TPSA) is 88.1 Å². The Morgan fingerprint density at radius 3 is 2.54 bits per heavy atom. The van der Waals surface area contributed by atoms with Crippen LogP contribution >= 0.6 is 0 Å². The Morgan fingerprint density at radius 1 is 1.05 bits per heavy atom. The molecule has 4 heterocycles. The lowest BCUT2D eigenvalue weighted by Gasteiger charge is -2.39. The number of carbonyl (C=O) groups excluding carboxylic acids is 2. The molecule has 1 unspecified atom stereocenters. The van der Waals surface area contributed by atoms with Gasteiger partial charge in [-0.25, -0.2) is 9.78 Å². The molecule has 0 radical (unpaired) electrons. The number of carbonyl (C=O) groups is 2. The SMILES string of the molecule is C=CC(=O)N1CCC(N2C(=O)N(Cc3ccccc3)Cc3cnc(Nc4ccc(N5CCN(C)CC5)cc4)nc32)C1. The minimum atomic E-state index is -0.186. The molecule has 3 aliphatic heterocycles. The first-order valence-corrected chi connectivity index (χ1v) is 14.2. The Labute approximate surface area is 240 Å². The lowest BCUT2D eigenvalue weighted by Crippen LogP contribution is -2.52. The summed E-state index contributed by atoms with van der Waals surface area (Å²) in [5.41, 5.74) is 4.01. The van der Waals surface area contributed by atoms with E-state index in [0.29, 0.717) is 44.4 Å².